The van der Waals surface area contributed by atoms with E-state index in [9.17, 15) is 0 Å². The maximum Gasteiger partial charge on any atom is 0.112 e. The average molecular weight is 325 g/mol. The smallest absolute Gasteiger partial charge is 0.112 e. The second-order valence-electron chi connectivity index (χ2n) is 5.86. The third-order valence-corrected chi connectivity index (χ3v) is 4.15. The molecule has 6 heteroatoms. The molecule has 0 saturated carbocycles. The molecule has 0 saturated heterocycles. The van der Waals surface area contributed by atoms with Crippen LogP contribution in [0.4, 0.5) is 5.69 Å². The molecule has 0 aliphatic carbocycles. The fraction of sp³-hybridized carbons (Fsp3) is 0.235. The van der Waals surface area contributed by atoms with Crippen molar-refractivity contribution in [1.82, 2.24) is 19.5 Å². The summed E-state index contributed by atoms with van der Waals surface area (Å²) in [5.41, 5.74) is 6.53. The number of fused-ring (bicyclic) bond motifs is 1. The van der Waals surface area contributed by atoms with Crippen molar-refractivity contribution in [1.29, 1.82) is 0 Å². The zero-order valence-corrected chi connectivity index (χ0v) is 14.7. The molecule has 0 aliphatic heterocycles. The highest BCUT2D eigenvalue weighted by Crippen LogP contribution is 2.25. The van der Waals surface area contributed by atoms with Crippen LogP contribution in [0.3, 0.4) is 0 Å². The van der Waals surface area contributed by atoms with Gasteiger partial charge in [0.05, 0.1) is 28.8 Å². The van der Waals surface area contributed by atoms with Gasteiger partial charge in [0.2, 0.25) is 0 Å². The lowest BCUT2D eigenvalue weighted by Crippen LogP contribution is -2.04. The number of hydrogen-bond donors (Lipinski definition) is 1. The lowest BCUT2D eigenvalue weighted by atomic mass is 10.1. The summed E-state index contributed by atoms with van der Waals surface area (Å²) >= 11 is 0. The Bertz CT molecular complexity index is 882. The molecule has 0 aliphatic rings. The largest absolute Gasteiger partial charge is 0.358 e. The van der Waals surface area contributed by atoms with Crippen molar-refractivity contribution in [3.63, 3.8) is 0 Å². The topological polar surface area (TPSA) is 55.6 Å². The fourth-order valence-corrected chi connectivity index (χ4v) is 2.69. The molecule has 3 aromatic rings. The van der Waals surface area contributed by atoms with Crippen molar-refractivity contribution in [3.05, 3.63) is 48.6 Å². The van der Waals surface area contributed by atoms with Gasteiger partial charge in [-0.05, 0) is 40.4 Å². The molecule has 1 atom stereocenters. The predicted molar refractivity (Wildman–Crippen MR) is 98.2 cm³/mol. The van der Waals surface area contributed by atoms with Crippen LogP contribution < -0.4 is 5.32 Å². The van der Waals surface area contributed by atoms with Gasteiger partial charge in [-0.3, -0.25) is 4.98 Å². The number of nitrogens with one attached hydrogen (secondary N) is 1. The first-order valence-corrected chi connectivity index (χ1v) is 8.00. The lowest BCUT2D eigenvalue weighted by Gasteiger charge is -2.13. The summed E-state index contributed by atoms with van der Waals surface area (Å²) in [6.45, 7) is 10.2. The number of hydrogen-bond acceptors (Lipinski definition) is 4. The van der Waals surface area contributed by atoms with Crippen LogP contribution in [-0.2, 0) is 0 Å². The molecule has 5 nitrogen and oxygen atoms in total. The standard InChI is InChI=1S/C17H20N5P/c1-10(2)11(3)19-14-7-13(8-18-9-14)15-5-6-16-17(20-15)12(4)21-22(16)23/h5-10,19H,3,23H2,1-2,4H3. The van der Waals surface area contributed by atoms with E-state index in [1.165, 1.54) is 0 Å². The second-order valence-corrected chi connectivity index (χ2v) is 6.35. The van der Waals surface area contributed by atoms with Gasteiger partial charge in [-0.2, -0.15) is 5.10 Å². The van der Waals surface area contributed by atoms with E-state index >= 15 is 0 Å². The van der Waals surface area contributed by atoms with E-state index in [-0.39, 0.29) is 0 Å². The number of allylic oxidation sites excluding steroid dienone is 1. The molecule has 1 unspecified atom stereocenters. The van der Waals surface area contributed by atoms with E-state index < -0.39 is 0 Å². The highest BCUT2D eigenvalue weighted by atomic mass is 31.0. The quantitative estimate of drug-likeness (QED) is 0.736. The normalized spacial score (nSPS) is 11.2. The molecular formula is C17H20N5P. The monoisotopic (exact) mass is 325 g/mol. The molecule has 118 valence electrons. The van der Waals surface area contributed by atoms with E-state index in [1.54, 1.807) is 10.6 Å². The van der Waals surface area contributed by atoms with Crippen molar-refractivity contribution < 1.29 is 0 Å². The van der Waals surface area contributed by atoms with E-state index in [0.29, 0.717) is 5.92 Å². The van der Waals surface area contributed by atoms with Gasteiger partial charge in [0.25, 0.3) is 0 Å². The Labute approximate surface area is 138 Å². The van der Waals surface area contributed by atoms with Crippen molar-refractivity contribution in [2.45, 2.75) is 20.8 Å². The Balaban J connectivity index is 1.98. The second kappa shape index (κ2) is 6.09. The van der Waals surface area contributed by atoms with Crippen molar-refractivity contribution in [2.24, 2.45) is 5.92 Å². The minimum Gasteiger partial charge on any atom is -0.358 e. The molecule has 0 fully saturated rings. The fourth-order valence-electron chi connectivity index (χ4n) is 2.30. The van der Waals surface area contributed by atoms with Crippen molar-refractivity contribution in [2.75, 3.05) is 5.32 Å². The van der Waals surface area contributed by atoms with Crippen LogP contribution in [0, 0.1) is 12.8 Å². The average Bonchev–Trinajstić information content (AvgIpc) is 2.82. The Morgan fingerprint density at radius 3 is 2.83 bits per heavy atom. The third-order valence-electron chi connectivity index (χ3n) is 3.76. The molecule has 0 radical (unpaired) electrons. The molecule has 0 spiro atoms. The molecule has 0 aromatic carbocycles. The van der Waals surface area contributed by atoms with Crippen molar-refractivity contribution >= 4 is 26.1 Å². The van der Waals surface area contributed by atoms with E-state index in [1.807, 2.05) is 31.3 Å². The molecule has 1 N–H and O–H groups in total. The number of pyridine rings is 2. The van der Waals surface area contributed by atoms with Gasteiger partial charge in [0, 0.05) is 17.5 Å². The van der Waals surface area contributed by atoms with Gasteiger partial charge >= 0.3 is 0 Å². The van der Waals surface area contributed by atoms with Gasteiger partial charge in [0.15, 0.2) is 0 Å². The summed E-state index contributed by atoms with van der Waals surface area (Å²) in [7, 11) is 2.58. The van der Waals surface area contributed by atoms with Gasteiger partial charge in [-0.25, -0.2) is 9.44 Å². The highest BCUT2D eigenvalue weighted by Gasteiger charge is 2.09. The Hall–Kier alpha value is -2.26. The summed E-state index contributed by atoms with van der Waals surface area (Å²) < 4.78 is 1.77. The Morgan fingerprint density at radius 1 is 1.30 bits per heavy atom. The lowest BCUT2D eigenvalue weighted by molar-refractivity contribution is 0.778. The van der Waals surface area contributed by atoms with E-state index in [4.69, 9.17) is 4.98 Å². The molecule has 3 heterocycles. The van der Waals surface area contributed by atoms with Gasteiger partial charge in [0.1, 0.15) is 5.52 Å². The first kappa shape index (κ1) is 15.6. The predicted octanol–water partition coefficient (Wildman–Crippen LogP) is 4.02. The van der Waals surface area contributed by atoms with Gasteiger partial charge in [-0.15, -0.1) is 0 Å². The Morgan fingerprint density at radius 2 is 2.09 bits per heavy atom. The summed E-state index contributed by atoms with van der Waals surface area (Å²) in [4.78, 5) is 9.05. The zero-order chi connectivity index (χ0) is 16.6. The third kappa shape index (κ3) is 3.10. The minimum atomic E-state index is 0.365. The molecule has 23 heavy (non-hydrogen) atoms. The molecular weight excluding hydrogens is 305 g/mol. The van der Waals surface area contributed by atoms with Gasteiger partial charge in [-0.1, -0.05) is 20.4 Å². The molecule has 0 bridgehead atoms. The summed E-state index contributed by atoms with van der Waals surface area (Å²) in [5, 5.41) is 7.68. The zero-order valence-electron chi connectivity index (χ0n) is 13.5. The first-order chi connectivity index (χ1) is 11.0. The van der Waals surface area contributed by atoms with Gasteiger partial charge < -0.3 is 5.32 Å². The van der Waals surface area contributed by atoms with Crippen LogP contribution in [0.5, 0.6) is 0 Å². The molecule has 3 aromatic heterocycles. The van der Waals surface area contributed by atoms with Crippen LogP contribution in [0.2, 0.25) is 0 Å². The molecule has 0 amide bonds. The highest BCUT2D eigenvalue weighted by molar-refractivity contribution is 7.14. The summed E-state index contributed by atoms with van der Waals surface area (Å²) in [6.07, 6.45) is 3.61. The number of aromatic nitrogens is 4. The van der Waals surface area contributed by atoms with Crippen molar-refractivity contribution in [3.8, 4) is 11.3 Å². The van der Waals surface area contributed by atoms with E-state index in [2.05, 4.69) is 45.2 Å². The van der Waals surface area contributed by atoms with Crippen LogP contribution in [0.15, 0.2) is 42.9 Å². The number of nitrogens with zero attached hydrogens (tertiary/aromatic N) is 4. The minimum absolute atomic E-state index is 0.365. The van der Waals surface area contributed by atoms with Crippen LogP contribution in [-0.4, -0.2) is 19.5 Å². The maximum atomic E-state index is 4.73. The number of anilines is 1. The van der Waals surface area contributed by atoms with E-state index in [0.717, 1.165) is 39.4 Å². The number of aryl methyl sites for hydroxylation is 1. The number of rotatable bonds is 4. The van der Waals surface area contributed by atoms with Crippen LogP contribution >= 0.6 is 9.39 Å². The Kier molecular flexibility index (Phi) is 4.14. The summed E-state index contributed by atoms with van der Waals surface area (Å²) in [5.74, 6) is 0.365. The van der Waals surface area contributed by atoms with Crippen LogP contribution in [0.1, 0.15) is 19.5 Å². The molecule has 3 rings (SSSR count). The summed E-state index contributed by atoms with van der Waals surface area (Å²) in [6, 6.07) is 6.05. The van der Waals surface area contributed by atoms with Crippen LogP contribution in [0.25, 0.3) is 22.3 Å². The maximum absolute atomic E-state index is 4.73. The SMILES string of the molecule is C=C(Nc1cncc(-c2ccc3c(n2)c(C)nn3P)c1)C(C)C. The first-order valence-electron chi connectivity index (χ1n) is 7.48.